The van der Waals surface area contributed by atoms with Gasteiger partial charge in [-0.2, -0.15) is 13.7 Å². The number of amides is 7. The molecule has 5 rings (SSSR count). The van der Waals surface area contributed by atoms with Crippen LogP contribution in [-0.4, -0.2) is 88.4 Å². The van der Waals surface area contributed by atoms with Crippen molar-refractivity contribution in [1.29, 1.82) is 5.26 Å². The zero-order valence-electron chi connectivity index (χ0n) is 25.9. The largest absolute Gasteiger partial charge is 0.485 e. The standard InChI is InChI=1S/C31H28N8O10S/c32-13-7-12-22-26(49-19-21-10-5-2-6-11-21)25(48-18-20-8-3-1-4-9-20)16-23(33-22)27(40)35-38-14-15-39(31(38)45)50(46,47)36-29(42)37-17-24(28(37)41)34-30(43)44/h1-12,16,24,34H,14-15,17-19H2,(H,35,40)(H,36,42)(H,43,44)/b12-7+/t24-/m0/s1. The monoisotopic (exact) mass is 704 g/mol. The molecular weight excluding hydrogens is 676 g/mol. The molecule has 0 unspecified atom stereocenters. The van der Waals surface area contributed by atoms with Gasteiger partial charge in [0.15, 0.2) is 11.5 Å². The van der Waals surface area contributed by atoms with Crippen LogP contribution >= 0.6 is 0 Å². The van der Waals surface area contributed by atoms with Gasteiger partial charge in [-0.05, 0) is 17.2 Å². The summed E-state index contributed by atoms with van der Waals surface area (Å²) < 4.78 is 39.7. The first-order valence-electron chi connectivity index (χ1n) is 14.7. The van der Waals surface area contributed by atoms with Crippen LogP contribution in [0.1, 0.15) is 27.3 Å². The van der Waals surface area contributed by atoms with Crippen LogP contribution in [0, 0.1) is 11.3 Å². The summed E-state index contributed by atoms with van der Waals surface area (Å²) in [5.74, 6) is -1.72. The number of aromatic nitrogens is 1. The number of rotatable bonds is 12. The summed E-state index contributed by atoms with van der Waals surface area (Å²) in [6, 6.07) is 17.6. The van der Waals surface area contributed by atoms with E-state index in [0.717, 1.165) is 17.2 Å². The zero-order valence-corrected chi connectivity index (χ0v) is 26.7. The van der Waals surface area contributed by atoms with Crippen molar-refractivity contribution in [3.05, 3.63) is 95.3 Å². The van der Waals surface area contributed by atoms with Crippen molar-refractivity contribution in [2.45, 2.75) is 19.3 Å². The van der Waals surface area contributed by atoms with Crippen molar-refractivity contribution in [1.82, 2.24) is 34.7 Å². The second-order valence-corrected chi connectivity index (χ2v) is 12.1. The number of nitrogens with one attached hydrogen (secondary N) is 3. The number of nitriles is 1. The first kappa shape index (κ1) is 34.6. The molecule has 2 aromatic carbocycles. The van der Waals surface area contributed by atoms with E-state index < -0.39 is 59.3 Å². The van der Waals surface area contributed by atoms with Crippen LogP contribution in [0.3, 0.4) is 0 Å². The quantitative estimate of drug-likeness (QED) is 0.155. The van der Waals surface area contributed by atoms with E-state index in [1.54, 1.807) is 4.72 Å². The van der Waals surface area contributed by atoms with Crippen molar-refractivity contribution >= 4 is 46.3 Å². The maximum Gasteiger partial charge on any atom is 0.405 e. The van der Waals surface area contributed by atoms with Crippen LogP contribution in [0.2, 0.25) is 0 Å². The van der Waals surface area contributed by atoms with E-state index in [-0.39, 0.29) is 47.0 Å². The zero-order chi connectivity index (χ0) is 35.8. The number of benzene rings is 2. The first-order valence-corrected chi connectivity index (χ1v) is 16.1. The second-order valence-electron chi connectivity index (χ2n) is 10.5. The summed E-state index contributed by atoms with van der Waals surface area (Å²) in [6.07, 6.45) is 0.930. The van der Waals surface area contributed by atoms with E-state index in [4.69, 9.17) is 14.6 Å². The number of carbonyl (C=O) groups excluding carboxylic acids is 4. The van der Waals surface area contributed by atoms with Gasteiger partial charge in [0, 0.05) is 12.1 Å². The Bertz CT molecular complexity index is 1990. The fourth-order valence-corrected chi connectivity index (χ4v) is 5.77. The molecule has 0 radical (unpaired) electrons. The van der Waals surface area contributed by atoms with E-state index in [9.17, 15) is 37.7 Å². The molecule has 2 fully saturated rings. The van der Waals surface area contributed by atoms with Crippen molar-refractivity contribution in [3.63, 3.8) is 0 Å². The van der Waals surface area contributed by atoms with E-state index in [1.165, 1.54) is 12.1 Å². The molecule has 2 aliphatic rings. The Kier molecular flexibility index (Phi) is 10.4. The predicted molar refractivity (Wildman–Crippen MR) is 171 cm³/mol. The summed E-state index contributed by atoms with van der Waals surface area (Å²) in [5.41, 5.74) is 3.68. The molecule has 7 amide bonds. The predicted octanol–water partition coefficient (Wildman–Crippen LogP) is 1.59. The lowest BCUT2D eigenvalue weighted by molar-refractivity contribution is -0.138. The fraction of sp³-hybridized carbons (Fsp3) is 0.194. The first-order chi connectivity index (χ1) is 24.0. The molecule has 50 heavy (non-hydrogen) atoms. The molecule has 18 nitrogen and oxygen atoms in total. The van der Waals surface area contributed by atoms with E-state index >= 15 is 0 Å². The van der Waals surface area contributed by atoms with Crippen LogP contribution in [0.4, 0.5) is 14.4 Å². The Morgan fingerprint density at radius 3 is 2.24 bits per heavy atom. The molecule has 4 N–H and O–H groups in total. The minimum absolute atomic E-state index is 0.0548. The van der Waals surface area contributed by atoms with Gasteiger partial charge in [-0.1, -0.05) is 60.7 Å². The fourth-order valence-electron chi connectivity index (χ4n) is 4.70. The van der Waals surface area contributed by atoms with Gasteiger partial charge >= 0.3 is 28.4 Å². The minimum atomic E-state index is -4.85. The molecule has 1 aromatic heterocycles. The number of hydrogen-bond acceptors (Lipinski definition) is 11. The third-order valence-electron chi connectivity index (χ3n) is 7.16. The molecule has 3 aromatic rings. The summed E-state index contributed by atoms with van der Waals surface area (Å²) in [6.45, 7) is -1.08. The number of hydrogen-bond donors (Lipinski definition) is 4. The smallest absolute Gasteiger partial charge is 0.405 e. The third-order valence-corrected chi connectivity index (χ3v) is 8.51. The minimum Gasteiger partial charge on any atom is -0.485 e. The second kappa shape index (κ2) is 15.0. The molecule has 19 heteroatoms. The number of carbonyl (C=O) groups is 5. The van der Waals surface area contributed by atoms with Crippen LogP contribution in [0.25, 0.3) is 6.08 Å². The van der Waals surface area contributed by atoms with Crippen LogP contribution in [0.5, 0.6) is 11.5 Å². The number of carboxylic acid groups (broad SMARTS) is 1. The number of hydrazine groups is 1. The van der Waals surface area contributed by atoms with E-state index in [2.05, 4.69) is 10.4 Å². The van der Waals surface area contributed by atoms with E-state index in [0.29, 0.717) is 9.91 Å². The van der Waals surface area contributed by atoms with Crippen LogP contribution in [-0.2, 0) is 28.2 Å². The SMILES string of the molecule is N#C/C=C/c1nc(C(=O)NN2CCN(S(=O)(=O)NC(=O)N3C[C@H](NC(=O)O)C3=O)C2=O)cc(OCc2ccccc2)c1OCc1ccccc1. The maximum atomic E-state index is 13.4. The highest BCUT2D eigenvalue weighted by Crippen LogP contribution is 2.34. The lowest BCUT2D eigenvalue weighted by Crippen LogP contribution is -2.67. The average molecular weight is 705 g/mol. The molecule has 0 saturated carbocycles. The molecule has 3 heterocycles. The van der Waals surface area contributed by atoms with Crippen molar-refractivity contribution in [2.75, 3.05) is 19.6 Å². The highest BCUT2D eigenvalue weighted by molar-refractivity contribution is 7.88. The Balaban J connectivity index is 1.32. The third kappa shape index (κ3) is 8.06. The average Bonchev–Trinajstić information content (AvgIpc) is 3.47. The number of nitrogens with zero attached hydrogens (tertiary/aromatic N) is 5. The molecule has 1 atom stereocenters. The molecule has 0 spiro atoms. The van der Waals surface area contributed by atoms with Crippen molar-refractivity contribution in [3.8, 4) is 17.6 Å². The van der Waals surface area contributed by atoms with Crippen LogP contribution in [0.15, 0.2) is 72.8 Å². The highest BCUT2D eigenvalue weighted by Gasteiger charge is 2.45. The van der Waals surface area contributed by atoms with E-state index in [1.807, 2.05) is 72.0 Å². The Morgan fingerprint density at radius 1 is 1.00 bits per heavy atom. The Hall–Kier alpha value is -6.68. The van der Waals surface area contributed by atoms with Gasteiger partial charge in [-0.3, -0.25) is 19.9 Å². The number of imide groups is 1. The number of ether oxygens (including phenoxy) is 2. The van der Waals surface area contributed by atoms with Gasteiger partial charge in [0.05, 0.1) is 25.7 Å². The molecule has 258 valence electrons. The van der Waals surface area contributed by atoms with Gasteiger partial charge in [-0.25, -0.2) is 33.4 Å². The molecular formula is C31H28N8O10S. The highest BCUT2D eigenvalue weighted by atomic mass is 32.2. The normalized spacial score (nSPS) is 15.7. The van der Waals surface area contributed by atoms with Gasteiger partial charge in [0.1, 0.15) is 30.6 Å². The Labute approximate surface area is 284 Å². The summed E-state index contributed by atoms with van der Waals surface area (Å²) >= 11 is 0. The number of allylic oxidation sites excluding steroid dienone is 1. The summed E-state index contributed by atoms with van der Waals surface area (Å²) in [5, 5.41) is 20.5. The topological polar surface area (TPSA) is 241 Å². The molecule has 0 aliphatic carbocycles. The van der Waals surface area contributed by atoms with Gasteiger partial charge in [0.2, 0.25) is 0 Å². The molecule has 2 saturated heterocycles. The van der Waals surface area contributed by atoms with Crippen molar-refractivity contribution < 1.29 is 47.0 Å². The Morgan fingerprint density at radius 2 is 1.64 bits per heavy atom. The molecule has 0 bridgehead atoms. The number of β-lactam (4-membered cyclic amide) rings is 1. The number of pyridine rings is 1. The van der Waals surface area contributed by atoms with Gasteiger partial charge in [-0.15, -0.1) is 0 Å². The maximum absolute atomic E-state index is 13.4. The number of likely N-dealkylation sites (tertiary alicyclic amines) is 1. The van der Waals surface area contributed by atoms with Gasteiger partial charge in [0.25, 0.3) is 11.8 Å². The van der Waals surface area contributed by atoms with Gasteiger partial charge < -0.3 is 19.9 Å². The summed E-state index contributed by atoms with van der Waals surface area (Å²) in [4.78, 5) is 66.4. The van der Waals surface area contributed by atoms with Crippen LogP contribution < -0.4 is 24.9 Å². The lowest BCUT2D eigenvalue weighted by atomic mass is 10.1. The summed E-state index contributed by atoms with van der Waals surface area (Å²) in [7, 11) is -4.85. The molecule has 2 aliphatic heterocycles. The number of urea groups is 2. The lowest BCUT2D eigenvalue weighted by Gasteiger charge is -2.36. The van der Waals surface area contributed by atoms with Crippen molar-refractivity contribution in [2.24, 2.45) is 0 Å².